The van der Waals surface area contributed by atoms with E-state index in [0.29, 0.717) is 0 Å². The lowest BCUT2D eigenvalue weighted by atomic mass is 10.3. The SMILES string of the molecule is [2H]c1c(F)ccc(F)c1N. The van der Waals surface area contributed by atoms with Crippen molar-refractivity contribution in [2.45, 2.75) is 0 Å². The van der Waals surface area contributed by atoms with Crippen LogP contribution in [-0.4, -0.2) is 0 Å². The van der Waals surface area contributed by atoms with Crippen LogP contribution in [0.2, 0.25) is 0 Å². The van der Waals surface area contributed by atoms with Gasteiger partial charge in [-0.05, 0) is 18.2 Å². The topological polar surface area (TPSA) is 26.0 Å². The van der Waals surface area contributed by atoms with Crippen LogP contribution in [0.3, 0.4) is 0 Å². The summed E-state index contributed by atoms with van der Waals surface area (Å²) < 4.78 is 31.5. The molecule has 1 nitrogen and oxygen atoms in total. The molecule has 48 valence electrons. The lowest BCUT2D eigenvalue weighted by Gasteiger charge is -1.92. The molecule has 0 aliphatic carbocycles. The zero-order chi connectivity index (χ0) is 7.72. The van der Waals surface area contributed by atoms with Gasteiger partial charge in [0.25, 0.3) is 0 Å². The Morgan fingerprint density at radius 3 is 2.67 bits per heavy atom. The second-order valence-corrected chi connectivity index (χ2v) is 1.57. The average molecular weight is 130 g/mol. The highest BCUT2D eigenvalue weighted by Gasteiger charge is 1.96. The maximum absolute atomic E-state index is 12.3. The molecule has 1 aromatic rings. The Balaban J connectivity index is 3.34. The highest BCUT2D eigenvalue weighted by Crippen LogP contribution is 2.09. The van der Waals surface area contributed by atoms with E-state index in [-0.39, 0.29) is 0 Å². The van der Waals surface area contributed by atoms with Crippen LogP contribution in [0.1, 0.15) is 1.37 Å². The molecule has 0 bridgehead atoms. The number of benzene rings is 1. The Labute approximate surface area is 52.5 Å². The largest absolute Gasteiger partial charge is 0.396 e. The van der Waals surface area contributed by atoms with Gasteiger partial charge >= 0.3 is 0 Å². The average Bonchev–Trinajstić information content (AvgIpc) is 1.93. The summed E-state index contributed by atoms with van der Waals surface area (Å²) in [5.74, 6) is -1.56. The smallest absolute Gasteiger partial charge is 0.146 e. The molecular formula is C6H5F2N. The quantitative estimate of drug-likeness (QED) is 0.530. The summed E-state index contributed by atoms with van der Waals surface area (Å²) in [4.78, 5) is 0. The highest BCUT2D eigenvalue weighted by atomic mass is 19.1. The van der Waals surface area contributed by atoms with Crippen LogP contribution >= 0.6 is 0 Å². The van der Waals surface area contributed by atoms with E-state index >= 15 is 0 Å². The van der Waals surface area contributed by atoms with Crippen molar-refractivity contribution >= 4 is 5.69 Å². The van der Waals surface area contributed by atoms with E-state index in [9.17, 15) is 8.78 Å². The fourth-order valence-corrected chi connectivity index (χ4v) is 0.466. The summed E-state index contributed by atoms with van der Waals surface area (Å²) in [6.07, 6.45) is 0. The number of anilines is 1. The second-order valence-electron chi connectivity index (χ2n) is 1.57. The predicted molar refractivity (Wildman–Crippen MR) is 30.8 cm³/mol. The van der Waals surface area contributed by atoms with Gasteiger partial charge in [-0.25, -0.2) is 8.78 Å². The normalized spacial score (nSPS) is 11.1. The van der Waals surface area contributed by atoms with Crippen molar-refractivity contribution in [1.29, 1.82) is 0 Å². The van der Waals surface area contributed by atoms with E-state index in [1.807, 2.05) is 0 Å². The van der Waals surface area contributed by atoms with Gasteiger partial charge in [0.05, 0.1) is 7.06 Å². The molecule has 2 N–H and O–H groups in total. The Morgan fingerprint density at radius 2 is 2.11 bits per heavy atom. The van der Waals surface area contributed by atoms with Crippen LogP contribution < -0.4 is 5.73 Å². The fourth-order valence-electron chi connectivity index (χ4n) is 0.466. The Kier molecular flexibility index (Phi) is 1.06. The highest BCUT2D eigenvalue weighted by molar-refractivity contribution is 5.38. The van der Waals surface area contributed by atoms with Crippen LogP contribution in [-0.2, 0) is 0 Å². The second kappa shape index (κ2) is 2.01. The molecule has 0 amide bonds. The Bertz CT molecular complexity index is 235. The van der Waals surface area contributed by atoms with Crippen LogP contribution in [0.15, 0.2) is 18.2 Å². The van der Waals surface area contributed by atoms with Gasteiger partial charge in [-0.1, -0.05) is 0 Å². The van der Waals surface area contributed by atoms with E-state index in [2.05, 4.69) is 0 Å². The molecule has 0 spiro atoms. The summed E-state index contributed by atoms with van der Waals surface area (Å²) in [6.45, 7) is 0. The third-order valence-electron chi connectivity index (χ3n) is 0.887. The Hall–Kier alpha value is -1.12. The minimum absolute atomic E-state index is 0.444. The first-order valence-electron chi connectivity index (χ1n) is 2.83. The molecule has 0 aromatic heterocycles. The fraction of sp³-hybridized carbons (Fsp3) is 0. The van der Waals surface area contributed by atoms with Gasteiger partial charge in [0, 0.05) is 0 Å². The van der Waals surface area contributed by atoms with Gasteiger partial charge in [-0.3, -0.25) is 0 Å². The molecule has 0 saturated carbocycles. The monoisotopic (exact) mass is 130 g/mol. The van der Waals surface area contributed by atoms with E-state index in [1.54, 1.807) is 0 Å². The van der Waals surface area contributed by atoms with Gasteiger partial charge in [0.2, 0.25) is 0 Å². The van der Waals surface area contributed by atoms with Gasteiger partial charge in [0.15, 0.2) is 0 Å². The summed E-state index contributed by atoms with van der Waals surface area (Å²) in [7, 11) is 0. The lowest BCUT2D eigenvalue weighted by Crippen LogP contribution is -1.89. The van der Waals surface area contributed by atoms with Gasteiger partial charge in [0.1, 0.15) is 11.6 Å². The predicted octanol–water partition coefficient (Wildman–Crippen LogP) is 1.55. The maximum Gasteiger partial charge on any atom is 0.146 e. The maximum atomic E-state index is 12.3. The van der Waals surface area contributed by atoms with Crippen LogP contribution in [0, 0.1) is 11.6 Å². The number of rotatable bonds is 0. The first kappa shape index (κ1) is 4.73. The van der Waals surface area contributed by atoms with Crippen molar-refractivity contribution < 1.29 is 10.2 Å². The van der Waals surface area contributed by atoms with Crippen molar-refractivity contribution in [2.75, 3.05) is 5.73 Å². The molecule has 0 saturated heterocycles. The summed E-state index contributed by atoms with van der Waals surface area (Å²) in [6, 6.07) is 1.18. The first-order valence-corrected chi connectivity index (χ1v) is 2.33. The van der Waals surface area contributed by atoms with Gasteiger partial charge in [-0.15, -0.1) is 0 Å². The molecule has 1 rings (SSSR count). The molecular weight excluding hydrogens is 124 g/mol. The number of hydrogen-bond donors (Lipinski definition) is 1. The van der Waals surface area contributed by atoms with Crippen LogP contribution in [0.25, 0.3) is 0 Å². The van der Waals surface area contributed by atoms with Crippen molar-refractivity contribution in [3.8, 4) is 0 Å². The van der Waals surface area contributed by atoms with E-state index in [0.717, 1.165) is 12.1 Å². The number of nitrogens with two attached hydrogens (primary N) is 1. The molecule has 1 aromatic carbocycles. The Morgan fingerprint density at radius 1 is 1.44 bits per heavy atom. The molecule has 0 radical (unpaired) electrons. The minimum Gasteiger partial charge on any atom is -0.396 e. The molecule has 0 heterocycles. The van der Waals surface area contributed by atoms with E-state index < -0.39 is 23.4 Å². The molecule has 0 unspecified atom stereocenters. The number of halogens is 2. The molecule has 0 fully saturated rings. The number of nitrogen functional groups attached to an aromatic ring is 1. The standard InChI is InChI=1S/C6H5F2N/c7-4-1-2-5(8)6(9)3-4/h1-3H,9H2/i3D. The summed E-state index contributed by atoms with van der Waals surface area (Å²) >= 11 is 0. The van der Waals surface area contributed by atoms with Crippen LogP contribution in [0.4, 0.5) is 14.5 Å². The summed E-state index contributed by atoms with van der Waals surface area (Å²) in [5, 5.41) is 0. The molecule has 9 heavy (non-hydrogen) atoms. The summed E-state index contributed by atoms with van der Waals surface area (Å²) in [5.41, 5.74) is 4.54. The zero-order valence-electron chi connectivity index (χ0n) is 5.49. The molecule has 0 aliphatic heterocycles. The van der Waals surface area contributed by atoms with Gasteiger partial charge in [-0.2, -0.15) is 0 Å². The molecule has 0 aliphatic rings. The van der Waals surface area contributed by atoms with E-state index in [1.165, 1.54) is 0 Å². The van der Waals surface area contributed by atoms with Crippen molar-refractivity contribution in [1.82, 2.24) is 0 Å². The third kappa shape index (κ3) is 1.16. The van der Waals surface area contributed by atoms with E-state index in [4.69, 9.17) is 7.10 Å². The van der Waals surface area contributed by atoms with Gasteiger partial charge < -0.3 is 5.73 Å². The lowest BCUT2D eigenvalue weighted by molar-refractivity contribution is 0.604. The molecule has 0 atom stereocenters. The zero-order valence-corrected chi connectivity index (χ0v) is 4.49. The first-order chi connectivity index (χ1) is 4.63. The van der Waals surface area contributed by atoms with Crippen molar-refractivity contribution in [3.05, 3.63) is 29.8 Å². The van der Waals surface area contributed by atoms with Crippen LogP contribution in [0.5, 0.6) is 0 Å². The third-order valence-corrected chi connectivity index (χ3v) is 0.887. The van der Waals surface area contributed by atoms with Crippen molar-refractivity contribution in [3.63, 3.8) is 0 Å². The minimum atomic E-state index is -0.807. The van der Waals surface area contributed by atoms with Crippen molar-refractivity contribution in [2.24, 2.45) is 0 Å². The number of hydrogen-bond acceptors (Lipinski definition) is 1. The molecule has 3 heteroatoms.